The number of hydrogen-bond acceptors (Lipinski definition) is 1. The maximum Gasteiger partial charge on any atom is 0.0419 e. The number of aryl methyl sites for hydroxylation is 2. The molecule has 0 radical (unpaired) electrons. The van der Waals surface area contributed by atoms with E-state index in [0.717, 1.165) is 23.4 Å². The molecule has 1 heteroatoms. The average Bonchev–Trinajstić information content (AvgIpc) is 2.77. The molecule has 0 saturated carbocycles. The summed E-state index contributed by atoms with van der Waals surface area (Å²) in [7, 11) is 0. The van der Waals surface area contributed by atoms with Gasteiger partial charge in [0.15, 0.2) is 0 Å². The molecular weight excluding hydrogens is 374 g/mol. The quantitative estimate of drug-likeness (QED) is 0.363. The van der Waals surface area contributed by atoms with Gasteiger partial charge in [-0.25, -0.2) is 0 Å². The number of unbranched alkanes of at least 4 members (excludes halogenated alkanes) is 1. The van der Waals surface area contributed by atoms with E-state index in [0.29, 0.717) is 5.92 Å². The Morgan fingerprint density at radius 1 is 1.10 bits per heavy atom. The topological polar surface area (TPSA) is 12.0 Å². The lowest BCUT2D eigenvalue weighted by Gasteiger charge is -2.19. The monoisotopic (exact) mass is 413 g/mol. The van der Waals surface area contributed by atoms with Crippen molar-refractivity contribution in [2.24, 2.45) is 5.92 Å². The first-order valence-corrected chi connectivity index (χ1v) is 11.5. The van der Waals surface area contributed by atoms with E-state index in [1.54, 1.807) is 0 Å². The molecule has 0 spiro atoms. The average molecular weight is 414 g/mol. The number of allylic oxidation sites excluding steroid dienone is 5. The van der Waals surface area contributed by atoms with Gasteiger partial charge in [-0.1, -0.05) is 88.1 Å². The van der Waals surface area contributed by atoms with E-state index < -0.39 is 0 Å². The summed E-state index contributed by atoms with van der Waals surface area (Å²) >= 11 is 0. The maximum absolute atomic E-state index is 4.45. The molecule has 0 heterocycles. The van der Waals surface area contributed by atoms with Gasteiger partial charge in [0.05, 0.1) is 0 Å². The summed E-state index contributed by atoms with van der Waals surface area (Å²) in [5.74, 6) is 0.372. The SMILES string of the molecule is C=C(Nc1cc(C(=C)C(C)Cc2cccc(CCCC)c2)ccc1C)/C(C)=C/C=C\C. The standard InChI is InChI=1S/C30H39N/c1-8-10-13-22(3)26(7)31-30-21-29(18-17-23(30)4)25(6)24(5)19-28-16-12-15-27(20-28)14-11-9-2/h8,10,12-13,15-18,20-21,24,31H,6-7,9,11,14,19H2,1-5H3/b10-8-,22-13+. The zero-order valence-corrected chi connectivity index (χ0v) is 20.1. The molecule has 0 aliphatic heterocycles. The lowest BCUT2D eigenvalue weighted by Crippen LogP contribution is -2.05. The second-order valence-electron chi connectivity index (χ2n) is 8.56. The van der Waals surface area contributed by atoms with Crippen LogP contribution in [-0.4, -0.2) is 0 Å². The van der Waals surface area contributed by atoms with E-state index in [1.165, 1.54) is 47.1 Å². The highest BCUT2D eigenvalue weighted by atomic mass is 14.9. The lowest BCUT2D eigenvalue weighted by molar-refractivity contribution is 0.741. The van der Waals surface area contributed by atoms with Crippen LogP contribution in [0.2, 0.25) is 0 Å². The molecule has 31 heavy (non-hydrogen) atoms. The van der Waals surface area contributed by atoms with Gasteiger partial charge in [-0.15, -0.1) is 0 Å². The summed E-state index contributed by atoms with van der Waals surface area (Å²) in [6, 6.07) is 15.6. The van der Waals surface area contributed by atoms with Crippen molar-refractivity contribution in [2.45, 2.75) is 60.3 Å². The van der Waals surface area contributed by atoms with E-state index in [2.05, 4.69) is 94.7 Å². The molecule has 164 valence electrons. The van der Waals surface area contributed by atoms with E-state index >= 15 is 0 Å². The second-order valence-corrected chi connectivity index (χ2v) is 8.56. The highest BCUT2D eigenvalue weighted by molar-refractivity contribution is 5.71. The van der Waals surface area contributed by atoms with Crippen molar-refractivity contribution in [2.75, 3.05) is 5.32 Å². The van der Waals surface area contributed by atoms with Gasteiger partial charge in [-0.3, -0.25) is 0 Å². The zero-order valence-electron chi connectivity index (χ0n) is 20.1. The Hall–Kier alpha value is -2.80. The lowest BCUT2D eigenvalue weighted by atomic mass is 9.88. The molecule has 2 aromatic carbocycles. The Labute approximate surface area is 190 Å². The number of anilines is 1. The van der Waals surface area contributed by atoms with Crippen LogP contribution >= 0.6 is 0 Å². The van der Waals surface area contributed by atoms with Gasteiger partial charge in [0.25, 0.3) is 0 Å². The third-order valence-electron chi connectivity index (χ3n) is 5.86. The van der Waals surface area contributed by atoms with Crippen molar-refractivity contribution in [3.05, 3.63) is 107 Å². The minimum absolute atomic E-state index is 0.372. The predicted molar refractivity (Wildman–Crippen MR) is 139 cm³/mol. The van der Waals surface area contributed by atoms with Gasteiger partial charge in [0.2, 0.25) is 0 Å². The molecule has 1 unspecified atom stereocenters. The molecule has 1 nitrogen and oxygen atoms in total. The minimum atomic E-state index is 0.372. The van der Waals surface area contributed by atoms with Gasteiger partial charge in [-0.05, 0) is 85.4 Å². The summed E-state index contributed by atoms with van der Waals surface area (Å²) < 4.78 is 0. The molecular formula is C30H39N. The van der Waals surface area contributed by atoms with Gasteiger partial charge in [0, 0.05) is 11.4 Å². The van der Waals surface area contributed by atoms with Crippen LogP contribution in [0.3, 0.4) is 0 Å². The molecule has 0 bridgehead atoms. The predicted octanol–water partition coefficient (Wildman–Crippen LogP) is 8.68. The summed E-state index contributed by atoms with van der Waals surface area (Å²) in [6.45, 7) is 19.4. The van der Waals surface area contributed by atoms with Gasteiger partial charge < -0.3 is 5.32 Å². The van der Waals surface area contributed by atoms with Crippen LogP contribution in [0.15, 0.2) is 85.1 Å². The summed E-state index contributed by atoms with van der Waals surface area (Å²) in [5, 5.41) is 3.49. The smallest absolute Gasteiger partial charge is 0.0419 e. The molecule has 0 amide bonds. The molecule has 0 aromatic heterocycles. The van der Waals surface area contributed by atoms with Crippen molar-refractivity contribution in [3.63, 3.8) is 0 Å². The fraction of sp³-hybridized carbons (Fsp3) is 0.333. The van der Waals surface area contributed by atoms with Crippen molar-refractivity contribution in [1.82, 2.24) is 0 Å². The summed E-state index contributed by atoms with van der Waals surface area (Å²) in [4.78, 5) is 0. The van der Waals surface area contributed by atoms with Crippen LogP contribution in [0.5, 0.6) is 0 Å². The van der Waals surface area contributed by atoms with Crippen molar-refractivity contribution < 1.29 is 0 Å². The molecule has 0 saturated heterocycles. The van der Waals surface area contributed by atoms with E-state index in [-0.39, 0.29) is 0 Å². The van der Waals surface area contributed by atoms with Crippen LogP contribution < -0.4 is 5.32 Å². The van der Waals surface area contributed by atoms with Gasteiger partial charge >= 0.3 is 0 Å². The van der Waals surface area contributed by atoms with E-state index in [1.807, 2.05) is 19.1 Å². The zero-order chi connectivity index (χ0) is 22.8. The van der Waals surface area contributed by atoms with Crippen LogP contribution in [0.1, 0.15) is 62.8 Å². The molecule has 0 aliphatic rings. The van der Waals surface area contributed by atoms with E-state index in [4.69, 9.17) is 0 Å². The highest BCUT2D eigenvalue weighted by Crippen LogP contribution is 2.29. The maximum atomic E-state index is 4.45. The van der Waals surface area contributed by atoms with Crippen LogP contribution in [0.25, 0.3) is 5.57 Å². The first-order valence-electron chi connectivity index (χ1n) is 11.5. The second kappa shape index (κ2) is 12.2. The number of rotatable bonds is 11. The third kappa shape index (κ3) is 7.43. The largest absolute Gasteiger partial charge is 0.356 e. The Balaban J connectivity index is 2.13. The fourth-order valence-corrected chi connectivity index (χ4v) is 3.61. The van der Waals surface area contributed by atoms with Crippen molar-refractivity contribution in [3.8, 4) is 0 Å². The molecule has 0 aliphatic carbocycles. The van der Waals surface area contributed by atoms with Crippen LogP contribution in [0.4, 0.5) is 5.69 Å². The number of nitrogens with one attached hydrogen (secondary N) is 1. The normalized spacial score (nSPS) is 12.7. The Bertz CT molecular complexity index is 958. The molecule has 2 aromatic rings. The summed E-state index contributed by atoms with van der Waals surface area (Å²) in [6.07, 6.45) is 10.8. The van der Waals surface area contributed by atoms with Crippen LogP contribution in [-0.2, 0) is 12.8 Å². The highest BCUT2D eigenvalue weighted by Gasteiger charge is 2.12. The Kier molecular flexibility index (Phi) is 9.59. The van der Waals surface area contributed by atoms with Crippen molar-refractivity contribution >= 4 is 11.3 Å². The van der Waals surface area contributed by atoms with Crippen LogP contribution in [0, 0.1) is 12.8 Å². The molecule has 1 atom stereocenters. The Morgan fingerprint density at radius 3 is 2.55 bits per heavy atom. The van der Waals surface area contributed by atoms with Crippen molar-refractivity contribution in [1.29, 1.82) is 0 Å². The fourth-order valence-electron chi connectivity index (χ4n) is 3.61. The number of hydrogen-bond donors (Lipinski definition) is 1. The van der Waals surface area contributed by atoms with Gasteiger partial charge in [0.1, 0.15) is 0 Å². The first-order chi connectivity index (χ1) is 14.8. The Morgan fingerprint density at radius 2 is 1.84 bits per heavy atom. The first kappa shape index (κ1) is 24.5. The van der Waals surface area contributed by atoms with Gasteiger partial charge in [-0.2, -0.15) is 0 Å². The van der Waals surface area contributed by atoms with E-state index in [9.17, 15) is 0 Å². The molecule has 1 N–H and O–H groups in total. The molecule has 2 rings (SSSR count). The summed E-state index contributed by atoms with van der Waals surface area (Å²) in [5.41, 5.74) is 9.53. The third-order valence-corrected chi connectivity index (χ3v) is 5.86. The minimum Gasteiger partial charge on any atom is -0.356 e. The number of benzene rings is 2. The molecule has 0 fully saturated rings.